The molecule has 0 amide bonds. The lowest BCUT2D eigenvalue weighted by molar-refractivity contribution is -0.167. The molecule has 0 aromatic heterocycles. The van der Waals surface area contributed by atoms with Crippen molar-refractivity contribution in [3.8, 4) is 0 Å². The van der Waals surface area contributed by atoms with Crippen LogP contribution in [-0.2, 0) is 28.6 Å². The molecule has 0 bridgehead atoms. The lowest BCUT2D eigenvalue weighted by atomic mass is 10.0. The van der Waals surface area contributed by atoms with Gasteiger partial charge in [0.25, 0.3) is 0 Å². The molecule has 460 valence electrons. The molecule has 1 atom stereocenters. The summed E-state index contributed by atoms with van der Waals surface area (Å²) in [5.41, 5.74) is 0. The summed E-state index contributed by atoms with van der Waals surface area (Å²) < 4.78 is 16.9. The fourth-order valence-electron chi connectivity index (χ4n) is 10.2. The van der Waals surface area contributed by atoms with Crippen molar-refractivity contribution in [3.05, 3.63) is 60.8 Å². The first-order valence-electron chi connectivity index (χ1n) is 34.8. The fraction of sp³-hybridized carbons (Fsp3) is 0.822. The van der Waals surface area contributed by atoms with Crippen molar-refractivity contribution >= 4 is 17.9 Å². The molecule has 0 aromatic carbocycles. The van der Waals surface area contributed by atoms with E-state index in [1.165, 1.54) is 244 Å². The number of hydrogen-bond donors (Lipinski definition) is 0. The van der Waals surface area contributed by atoms with Crippen molar-refractivity contribution in [2.24, 2.45) is 0 Å². The Morgan fingerprint density at radius 2 is 0.456 bits per heavy atom. The minimum Gasteiger partial charge on any atom is -0.462 e. The first kappa shape index (κ1) is 76.1. The molecule has 79 heavy (non-hydrogen) atoms. The number of carbonyl (C=O) groups excluding carboxylic acids is 3. The van der Waals surface area contributed by atoms with Gasteiger partial charge in [-0.1, -0.05) is 300 Å². The van der Waals surface area contributed by atoms with Crippen LogP contribution in [0.15, 0.2) is 60.8 Å². The first-order chi connectivity index (χ1) is 39.0. The summed E-state index contributed by atoms with van der Waals surface area (Å²) in [7, 11) is 0. The second-order valence-electron chi connectivity index (χ2n) is 23.4. The summed E-state index contributed by atoms with van der Waals surface area (Å²) >= 11 is 0. The summed E-state index contributed by atoms with van der Waals surface area (Å²) in [6, 6.07) is 0. The van der Waals surface area contributed by atoms with Gasteiger partial charge in [0.15, 0.2) is 6.10 Å². The highest BCUT2D eigenvalue weighted by Gasteiger charge is 2.19. The average molecular weight is 1110 g/mol. The highest BCUT2D eigenvalue weighted by Crippen LogP contribution is 2.17. The standard InChI is InChI=1S/C73H132O6/c1-4-7-10-13-16-19-22-25-28-30-31-32-33-34-35-36-37-38-39-40-41-42-43-44-46-48-51-54-57-60-63-66-72(75)78-69-70(68-77-71(74)65-62-59-56-53-50-47-27-24-21-18-15-12-9-6-3)79-73(76)67-64-61-58-55-52-49-45-29-26-23-20-17-14-11-8-5-2/h22,24-25,27,29-31,33-34,45,70H,4-21,23,26,28,32,35-44,46-69H2,1-3H3/b25-22-,27-24-,31-30-,34-33-,45-29-. The summed E-state index contributed by atoms with van der Waals surface area (Å²) in [4.78, 5) is 38.3. The van der Waals surface area contributed by atoms with Gasteiger partial charge in [-0.25, -0.2) is 0 Å². The number of ether oxygens (including phenoxy) is 3. The summed E-state index contributed by atoms with van der Waals surface area (Å²) in [6.45, 7) is 6.65. The minimum absolute atomic E-state index is 0.0769. The highest BCUT2D eigenvalue weighted by molar-refractivity contribution is 5.71. The molecule has 1 unspecified atom stereocenters. The van der Waals surface area contributed by atoms with Crippen LogP contribution in [0.4, 0.5) is 0 Å². The van der Waals surface area contributed by atoms with Gasteiger partial charge in [0.2, 0.25) is 0 Å². The van der Waals surface area contributed by atoms with Crippen LogP contribution in [0.25, 0.3) is 0 Å². The SMILES string of the molecule is CCCCCCC/C=C\C/C=C\C/C=C\CCCCCCCCCCCCCCCCCCC(=O)OCC(COC(=O)CCCCCCC/C=C\CCCCCCC)OC(=O)CCCCCCC/C=C\CCCCCCCCC. The molecule has 0 fully saturated rings. The van der Waals surface area contributed by atoms with Crippen molar-refractivity contribution in [2.75, 3.05) is 13.2 Å². The Bertz CT molecular complexity index is 1410. The monoisotopic (exact) mass is 1110 g/mol. The van der Waals surface area contributed by atoms with E-state index in [0.29, 0.717) is 19.3 Å². The van der Waals surface area contributed by atoms with Crippen LogP contribution in [0.2, 0.25) is 0 Å². The molecule has 0 saturated heterocycles. The van der Waals surface area contributed by atoms with Crippen LogP contribution in [0.5, 0.6) is 0 Å². The fourth-order valence-corrected chi connectivity index (χ4v) is 10.2. The quantitative estimate of drug-likeness (QED) is 0.0261. The van der Waals surface area contributed by atoms with E-state index in [0.717, 1.165) is 83.5 Å². The van der Waals surface area contributed by atoms with Crippen molar-refractivity contribution in [1.29, 1.82) is 0 Å². The zero-order chi connectivity index (χ0) is 57.1. The van der Waals surface area contributed by atoms with Crippen LogP contribution < -0.4 is 0 Å². The first-order valence-corrected chi connectivity index (χ1v) is 34.8. The van der Waals surface area contributed by atoms with E-state index in [-0.39, 0.29) is 31.1 Å². The van der Waals surface area contributed by atoms with E-state index in [4.69, 9.17) is 14.2 Å². The van der Waals surface area contributed by atoms with Gasteiger partial charge in [0.05, 0.1) is 0 Å². The lowest BCUT2D eigenvalue weighted by Crippen LogP contribution is -2.30. The van der Waals surface area contributed by atoms with Gasteiger partial charge in [0.1, 0.15) is 13.2 Å². The molecular weight excluding hydrogens is 973 g/mol. The van der Waals surface area contributed by atoms with Crippen LogP contribution in [0.3, 0.4) is 0 Å². The Kier molecular flexibility index (Phi) is 65.1. The number of hydrogen-bond acceptors (Lipinski definition) is 6. The average Bonchev–Trinajstić information content (AvgIpc) is 3.45. The third-order valence-corrected chi connectivity index (χ3v) is 15.5. The lowest BCUT2D eigenvalue weighted by Gasteiger charge is -2.18. The molecule has 0 heterocycles. The minimum atomic E-state index is -0.781. The number of rotatable bonds is 64. The third-order valence-electron chi connectivity index (χ3n) is 15.5. The highest BCUT2D eigenvalue weighted by atomic mass is 16.6. The summed E-state index contributed by atoms with van der Waals surface area (Å²) in [5, 5.41) is 0. The molecule has 0 aromatic rings. The smallest absolute Gasteiger partial charge is 0.306 e. The molecular formula is C73H132O6. The molecule has 6 nitrogen and oxygen atoms in total. The number of allylic oxidation sites excluding steroid dienone is 10. The van der Waals surface area contributed by atoms with E-state index < -0.39 is 6.10 Å². The molecule has 0 aliphatic rings. The Labute approximate surface area is 491 Å². The van der Waals surface area contributed by atoms with Gasteiger partial charge >= 0.3 is 17.9 Å². The third kappa shape index (κ3) is 65.8. The predicted octanol–water partition coefficient (Wildman–Crippen LogP) is 23.9. The molecule has 0 spiro atoms. The van der Waals surface area contributed by atoms with E-state index in [1.54, 1.807) is 0 Å². The van der Waals surface area contributed by atoms with Gasteiger partial charge in [-0.2, -0.15) is 0 Å². The molecule has 0 aliphatic carbocycles. The van der Waals surface area contributed by atoms with Crippen molar-refractivity contribution in [3.63, 3.8) is 0 Å². The largest absolute Gasteiger partial charge is 0.462 e. The maximum atomic E-state index is 12.9. The molecule has 0 saturated carbocycles. The Balaban J connectivity index is 4.19. The van der Waals surface area contributed by atoms with Crippen LogP contribution in [0.1, 0.15) is 367 Å². The predicted molar refractivity (Wildman–Crippen MR) is 344 cm³/mol. The molecule has 6 heteroatoms. The maximum Gasteiger partial charge on any atom is 0.306 e. The summed E-state index contributed by atoms with van der Waals surface area (Å²) in [5.74, 6) is -0.874. The van der Waals surface area contributed by atoms with Crippen LogP contribution in [0, 0.1) is 0 Å². The summed E-state index contributed by atoms with van der Waals surface area (Å²) in [6.07, 6.45) is 86.8. The van der Waals surface area contributed by atoms with Gasteiger partial charge in [-0.15, -0.1) is 0 Å². The van der Waals surface area contributed by atoms with Crippen molar-refractivity contribution < 1.29 is 28.6 Å². The van der Waals surface area contributed by atoms with Gasteiger partial charge in [-0.3, -0.25) is 14.4 Å². The number of carbonyl (C=O) groups is 3. The van der Waals surface area contributed by atoms with Crippen LogP contribution >= 0.6 is 0 Å². The maximum absolute atomic E-state index is 12.9. The number of esters is 3. The van der Waals surface area contributed by atoms with E-state index in [9.17, 15) is 14.4 Å². The van der Waals surface area contributed by atoms with Crippen molar-refractivity contribution in [2.45, 2.75) is 374 Å². The Morgan fingerprint density at radius 1 is 0.253 bits per heavy atom. The Morgan fingerprint density at radius 3 is 0.722 bits per heavy atom. The van der Waals surface area contributed by atoms with E-state index >= 15 is 0 Å². The zero-order valence-electron chi connectivity index (χ0n) is 52.9. The molecule has 0 rings (SSSR count). The Hall–Kier alpha value is -2.89. The van der Waals surface area contributed by atoms with Crippen LogP contribution in [-0.4, -0.2) is 37.2 Å². The van der Waals surface area contributed by atoms with E-state index in [1.807, 2.05) is 0 Å². The zero-order valence-corrected chi connectivity index (χ0v) is 52.9. The second-order valence-corrected chi connectivity index (χ2v) is 23.4. The van der Waals surface area contributed by atoms with E-state index in [2.05, 4.69) is 81.5 Å². The normalized spacial score (nSPS) is 12.4. The van der Waals surface area contributed by atoms with Gasteiger partial charge in [-0.05, 0) is 109 Å². The van der Waals surface area contributed by atoms with Gasteiger partial charge in [0, 0.05) is 19.3 Å². The van der Waals surface area contributed by atoms with Crippen molar-refractivity contribution in [1.82, 2.24) is 0 Å². The topological polar surface area (TPSA) is 78.9 Å². The number of unbranched alkanes of at least 4 members (excludes halogenated alkanes) is 43. The molecule has 0 N–H and O–H groups in total. The second kappa shape index (κ2) is 67.6. The molecule has 0 aliphatic heterocycles. The molecule has 0 radical (unpaired) electrons. The van der Waals surface area contributed by atoms with Gasteiger partial charge < -0.3 is 14.2 Å².